The first kappa shape index (κ1) is 21.1. The number of rotatable bonds is 6. The largest absolute Gasteiger partial charge is 0.476 e. The lowest BCUT2D eigenvalue weighted by Gasteiger charge is -2.42. The average molecular weight is 458 g/mol. The molecule has 3 aliphatic rings. The molecule has 2 aliphatic heterocycles. The molecule has 1 aromatic carbocycles. The summed E-state index contributed by atoms with van der Waals surface area (Å²) in [5, 5.41) is 3.17. The Morgan fingerprint density at radius 2 is 2.19 bits per heavy atom. The fourth-order valence-corrected chi connectivity index (χ4v) is 5.08. The van der Waals surface area contributed by atoms with Crippen LogP contribution in [0.3, 0.4) is 0 Å². The van der Waals surface area contributed by atoms with E-state index in [0.717, 1.165) is 0 Å². The molecule has 168 valence electrons. The molecule has 0 unspecified atom stereocenters. The molecular formula is C22H24FN5O3S. The number of fused-ring (bicyclic) bond motifs is 1. The van der Waals surface area contributed by atoms with Crippen LogP contribution in [0.1, 0.15) is 35.8 Å². The SMILES string of the molecule is C[C@@]12COC[C@]1(c1cc(NC(=O)c3cnc(OCC4CC4)cn3)ccc1F)N=C(N)SC2. The third-order valence-corrected chi connectivity index (χ3v) is 7.43. The predicted octanol–water partition coefficient (Wildman–Crippen LogP) is 2.95. The topological polar surface area (TPSA) is 112 Å². The maximum absolute atomic E-state index is 15.0. The number of thioether (sulfide) groups is 1. The lowest BCUT2D eigenvalue weighted by Crippen LogP contribution is -2.48. The Labute approximate surface area is 189 Å². The number of ether oxygens (including phenoxy) is 2. The standard InChI is InChI=1S/C22H24FN5O3S/c1-21-10-30-11-22(21,28-20(24)32-12-21)15-6-14(4-5-16(15)23)27-19(29)17-7-26-18(8-25-17)31-9-13-2-3-13/h4-8,13H,2-3,9-12H2,1H3,(H2,24,28)(H,27,29)/t21-,22+/m0/s1. The van der Waals surface area contributed by atoms with E-state index >= 15 is 4.39 Å². The van der Waals surface area contributed by atoms with Gasteiger partial charge in [0.25, 0.3) is 5.91 Å². The van der Waals surface area contributed by atoms with E-state index in [1.54, 1.807) is 6.07 Å². The van der Waals surface area contributed by atoms with Crippen LogP contribution in [-0.2, 0) is 10.3 Å². The molecule has 0 bridgehead atoms. The average Bonchev–Trinajstić information content (AvgIpc) is 3.55. The van der Waals surface area contributed by atoms with Crippen molar-refractivity contribution in [1.82, 2.24) is 9.97 Å². The van der Waals surface area contributed by atoms with E-state index in [-0.39, 0.29) is 12.3 Å². The number of anilines is 1. The Balaban J connectivity index is 1.37. The fraction of sp³-hybridized carbons (Fsp3) is 0.455. The zero-order valence-corrected chi connectivity index (χ0v) is 18.5. The van der Waals surface area contributed by atoms with Crippen LogP contribution in [0.4, 0.5) is 10.1 Å². The number of hydrogen-bond donors (Lipinski definition) is 2. The number of hydrogen-bond acceptors (Lipinski definition) is 8. The Bertz CT molecular complexity index is 1080. The minimum Gasteiger partial charge on any atom is -0.476 e. The molecule has 8 nitrogen and oxygen atoms in total. The van der Waals surface area contributed by atoms with E-state index in [1.165, 1.54) is 49.1 Å². The number of benzene rings is 1. The number of nitrogens with two attached hydrogens (primary N) is 1. The molecule has 1 aliphatic carbocycles. The highest BCUT2D eigenvalue weighted by molar-refractivity contribution is 8.13. The molecule has 0 radical (unpaired) electrons. The van der Waals surface area contributed by atoms with Gasteiger partial charge >= 0.3 is 0 Å². The highest BCUT2D eigenvalue weighted by Crippen LogP contribution is 2.53. The van der Waals surface area contributed by atoms with Gasteiger partial charge in [0, 0.05) is 22.4 Å². The molecule has 1 amide bonds. The fourth-order valence-electron chi connectivity index (χ4n) is 4.07. The zero-order valence-electron chi connectivity index (χ0n) is 17.6. The lowest BCUT2D eigenvalue weighted by atomic mass is 9.70. The summed E-state index contributed by atoms with van der Waals surface area (Å²) in [5.41, 5.74) is 5.58. The molecule has 1 aromatic heterocycles. The van der Waals surface area contributed by atoms with Gasteiger partial charge in [0.05, 0.1) is 32.2 Å². The highest BCUT2D eigenvalue weighted by atomic mass is 32.2. The molecule has 1 saturated carbocycles. The van der Waals surface area contributed by atoms with Gasteiger partial charge in [0.1, 0.15) is 17.1 Å². The molecule has 5 rings (SSSR count). The van der Waals surface area contributed by atoms with Gasteiger partial charge in [-0.05, 0) is 37.0 Å². The van der Waals surface area contributed by atoms with E-state index in [9.17, 15) is 4.79 Å². The molecule has 2 aromatic rings. The molecular weight excluding hydrogens is 433 g/mol. The molecule has 0 spiro atoms. The molecule has 10 heteroatoms. The first-order valence-electron chi connectivity index (χ1n) is 10.5. The van der Waals surface area contributed by atoms with Crippen molar-refractivity contribution in [1.29, 1.82) is 0 Å². The van der Waals surface area contributed by atoms with Gasteiger partial charge in [-0.3, -0.25) is 4.79 Å². The molecule has 1 saturated heterocycles. The van der Waals surface area contributed by atoms with E-state index in [2.05, 4.69) is 20.3 Å². The monoisotopic (exact) mass is 457 g/mol. The Hall–Kier alpha value is -2.72. The van der Waals surface area contributed by atoms with Crippen LogP contribution in [0.25, 0.3) is 0 Å². The first-order valence-corrected chi connectivity index (χ1v) is 11.5. The van der Waals surface area contributed by atoms with Crippen molar-refractivity contribution in [3.8, 4) is 5.88 Å². The number of amides is 1. The van der Waals surface area contributed by atoms with Gasteiger partial charge in [0.2, 0.25) is 5.88 Å². The van der Waals surface area contributed by atoms with E-state index in [4.69, 9.17) is 15.2 Å². The number of carbonyl (C=O) groups excluding carboxylic acids is 1. The predicted molar refractivity (Wildman–Crippen MR) is 119 cm³/mol. The molecule has 32 heavy (non-hydrogen) atoms. The number of carbonyl (C=O) groups is 1. The zero-order chi connectivity index (χ0) is 22.3. The Kier molecular flexibility index (Phi) is 5.29. The number of aromatic nitrogens is 2. The summed E-state index contributed by atoms with van der Waals surface area (Å²) in [7, 11) is 0. The quantitative estimate of drug-likeness (QED) is 0.686. The second-order valence-electron chi connectivity index (χ2n) is 8.80. The van der Waals surface area contributed by atoms with Crippen LogP contribution in [0, 0.1) is 17.2 Å². The maximum atomic E-state index is 15.0. The van der Waals surface area contributed by atoms with Crippen molar-refractivity contribution >= 4 is 28.5 Å². The summed E-state index contributed by atoms with van der Waals surface area (Å²) in [5.74, 6) is 0.793. The van der Waals surface area contributed by atoms with Gasteiger partial charge in [-0.2, -0.15) is 0 Å². The number of nitrogens with zero attached hydrogens (tertiary/aromatic N) is 3. The number of halogens is 1. The second-order valence-corrected chi connectivity index (χ2v) is 9.79. The van der Waals surface area contributed by atoms with Gasteiger partial charge in [0.15, 0.2) is 5.17 Å². The lowest BCUT2D eigenvalue weighted by molar-refractivity contribution is 0.102. The minimum atomic E-state index is -0.937. The minimum absolute atomic E-state index is 0.137. The Morgan fingerprint density at radius 1 is 1.34 bits per heavy atom. The van der Waals surface area contributed by atoms with Crippen molar-refractivity contribution in [2.24, 2.45) is 22.1 Å². The van der Waals surface area contributed by atoms with Crippen LogP contribution in [0.15, 0.2) is 35.6 Å². The summed E-state index contributed by atoms with van der Waals surface area (Å²) < 4.78 is 26.3. The van der Waals surface area contributed by atoms with Gasteiger partial charge in [-0.25, -0.2) is 19.4 Å². The normalized spacial score (nSPS) is 26.9. The molecule has 2 fully saturated rings. The van der Waals surface area contributed by atoms with Gasteiger partial charge in [-0.15, -0.1) is 0 Å². The van der Waals surface area contributed by atoms with Gasteiger partial charge in [-0.1, -0.05) is 18.7 Å². The number of amidine groups is 1. The summed E-state index contributed by atoms with van der Waals surface area (Å²) in [6.45, 7) is 3.33. The summed E-state index contributed by atoms with van der Waals surface area (Å²) in [4.78, 5) is 25.6. The summed E-state index contributed by atoms with van der Waals surface area (Å²) >= 11 is 1.44. The van der Waals surface area contributed by atoms with E-state index in [1.807, 2.05) is 6.92 Å². The van der Waals surface area contributed by atoms with Crippen molar-refractivity contribution < 1.29 is 18.7 Å². The van der Waals surface area contributed by atoms with Crippen LogP contribution in [0.5, 0.6) is 5.88 Å². The van der Waals surface area contributed by atoms with E-state index in [0.29, 0.717) is 47.2 Å². The van der Waals surface area contributed by atoms with Crippen LogP contribution in [-0.4, -0.2) is 46.6 Å². The number of aliphatic imine (C=N–C) groups is 1. The van der Waals surface area contributed by atoms with Crippen LogP contribution in [0.2, 0.25) is 0 Å². The molecule has 3 N–H and O–H groups in total. The molecule has 3 heterocycles. The number of nitrogens with one attached hydrogen (secondary N) is 1. The smallest absolute Gasteiger partial charge is 0.275 e. The van der Waals surface area contributed by atoms with E-state index < -0.39 is 22.7 Å². The van der Waals surface area contributed by atoms with Crippen LogP contribution >= 0.6 is 11.8 Å². The first-order chi connectivity index (χ1) is 15.4. The maximum Gasteiger partial charge on any atom is 0.275 e. The van der Waals surface area contributed by atoms with Crippen molar-refractivity contribution in [2.75, 3.05) is 30.9 Å². The highest BCUT2D eigenvalue weighted by Gasteiger charge is 2.57. The van der Waals surface area contributed by atoms with Crippen LogP contribution < -0.4 is 15.8 Å². The molecule has 2 atom stereocenters. The second kappa shape index (κ2) is 8.00. The third kappa shape index (κ3) is 3.81. The Morgan fingerprint density at radius 3 is 2.94 bits per heavy atom. The summed E-state index contributed by atoms with van der Waals surface area (Å²) in [6.07, 6.45) is 5.16. The van der Waals surface area contributed by atoms with Crippen molar-refractivity contribution in [3.05, 3.63) is 47.7 Å². The van der Waals surface area contributed by atoms with Gasteiger partial charge < -0.3 is 20.5 Å². The van der Waals surface area contributed by atoms with Crippen molar-refractivity contribution in [2.45, 2.75) is 25.3 Å². The van der Waals surface area contributed by atoms with Crippen molar-refractivity contribution in [3.63, 3.8) is 0 Å². The summed E-state index contributed by atoms with van der Waals surface area (Å²) in [6, 6.07) is 4.44. The third-order valence-electron chi connectivity index (χ3n) is 6.26.